The number of amides is 1. The van der Waals surface area contributed by atoms with Crippen LogP contribution in [-0.2, 0) is 0 Å². The molecule has 0 saturated heterocycles. The largest absolute Gasteiger partial charge is 0.377 e. The molecule has 1 aliphatic carbocycles. The van der Waals surface area contributed by atoms with Crippen molar-refractivity contribution < 1.29 is 9.72 Å². The number of anilines is 1. The second-order valence-electron chi connectivity index (χ2n) is 6.92. The molecule has 0 aromatic carbocycles. The van der Waals surface area contributed by atoms with E-state index in [1.165, 1.54) is 34.7 Å². The van der Waals surface area contributed by atoms with Crippen LogP contribution in [0.15, 0.2) is 36.8 Å². The van der Waals surface area contributed by atoms with E-state index in [0.717, 1.165) is 19.3 Å². The Morgan fingerprint density at radius 3 is 2.73 bits per heavy atom. The highest BCUT2D eigenvalue weighted by Gasteiger charge is 2.26. The Bertz CT molecular complexity index is 1060. The minimum absolute atomic E-state index is 0.0298. The molecule has 3 aromatic heterocycles. The molecule has 0 radical (unpaired) electrons. The number of pyridine rings is 1. The van der Waals surface area contributed by atoms with Crippen molar-refractivity contribution in [2.75, 3.05) is 5.32 Å². The normalized spacial score (nSPS) is 18.7. The van der Waals surface area contributed by atoms with Crippen molar-refractivity contribution in [2.24, 2.45) is 0 Å². The number of carbonyl (C=O) groups is 1. The van der Waals surface area contributed by atoms with Crippen LogP contribution < -0.4 is 10.6 Å². The molecule has 1 saturated carbocycles. The molecule has 0 unspecified atom stereocenters. The predicted octanol–water partition coefficient (Wildman–Crippen LogP) is 3.44. The number of thiophene rings is 1. The Morgan fingerprint density at radius 1 is 1.27 bits per heavy atom. The first-order valence-electron chi connectivity index (χ1n) is 9.33. The number of hydrogen-bond acceptors (Lipinski definition) is 8. The lowest BCUT2D eigenvalue weighted by Crippen LogP contribution is -2.41. The molecule has 2 atom stereocenters. The number of rotatable bonds is 6. The molecule has 0 aliphatic heterocycles. The van der Waals surface area contributed by atoms with Crippen molar-refractivity contribution in [1.29, 1.82) is 0 Å². The van der Waals surface area contributed by atoms with Gasteiger partial charge in [0.05, 0.1) is 26.5 Å². The van der Waals surface area contributed by atoms with Gasteiger partial charge in [-0.25, -0.2) is 4.98 Å². The average molecular weight is 448 g/mol. The van der Waals surface area contributed by atoms with E-state index < -0.39 is 4.92 Å². The van der Waals surface area contributed by atoms with E-state index in [0.29, 0.717) is 27.1 Å². The van der Waals surface area contributed by atoms with Gasteiger partial charge >= 0.3 is 5.69 Å². The molecule has 10 nitrogen and oxygen atoms in total. The zero-order chi connectivity index (χ0) is 21.1. The fourth-order valence-corrected chi connectivity index (χ4v) is 4.45. The first-order valence-corrected chi connectivity index (χ1v) is 10.5. The summed E-state index contributed by atoms with van der Waals surface area (Å²) in [6.45, 7) is 0. The molecule has 1 fully saturated rings. The number of carbonyl (C=O) groups excluding carboxylic acids is 1. The van der Waals surface area contributed by atoms with Crippen LogP contribution in [0.5, 0.6) is 0 Å². The van der Waals surface area contributed by atoms with Crippen molar-refractivity contribution in [3.05, 3.63) is 56.1 Å². The predicted molar refractivity (Wildman–Crippen MR) is 112 cm³/mol. The van der Waals surface area contributed by atoms with E-state index in [4.69, 9.17) is 11.6 Å². The van der Waals surface area contributed by atoms with Crippen LogP contribution in [0.1, 0.15) is 35.4 Å². The van der Waals surface area contributed by atoms with Gasteiger partial charge in [-0.05, 0) is 37.8 Å². The van der Waals surface area contributed by atoms with Gasteiger partial charge in [0, 0.05) is 18.2 Å². The average Bonchev–Trinajstić information content (AvgIpc) is 3.40. The van der Waals surface area contributed by atoms with Crippen LogP contribution >= 0.6 is 22.9 Å². The van der Waals surface area contributed by atoms with Crippen LogP contribution in [-0.4, -0.2) is 42.9 Å². The van der Waals surface area contributed by atoms with Crippen LogP contribution in [0.25, 0.3) is 5.82 Å². The molecule has 2 N–H and O–H groups in total. The lowest BCUT2D eigenvalue weighted by Gasteiger charge is -2.30. The summed E-state index contributed by atoms with van der Waals surface area (Å²) in [7, 11) is 0. The number of hydrogen-bond donors (Lipinski definition) is 2. The fourth-order valence-electron chi connectivity index (χ4n) is 3.51. The van der Waals surface area contributed by atoms with Crippen molar-refractivity contribution in [2.45, 2.75) is 37.8 Å². The summed E-state index contributed by atoms with van der Waals surface area (Å²) in [4.78, 5) is 29.3. The molecule has 30 heavy (non-hydrogen) atoms. The summed E-state index contributed by atoms with van der Waals surface area (Å²) in [6, 6.07) is 4.90. The van der Waals surface area contributed by atoms with Gasteiger partial charge in [-0.2, -0.15) is 10.2 Å². The zero-order valence-corrected chi connectivity index (χ0v) is 17.3. The summed E-state index contributed by atoms with van der Waals surface area (Å²) < 4.78 is 0.566. The maximum Gasteiger partial charge on any atom is 0.310 e. The number of nitro groups is 1. The van der Waals surface area contributed by atoms with Crippen LogP contribution in [0, 0.1) is 10.1 Å². The number of nitrogens with one attached hydrogen (secondary N) is 2. The second kappa shape index (κ2) is 8.76. The third kappa shape index (κ3) is 4.57. The molecular formula is C18H18ClN7O3S. The van der Waals surface area contributed by atoms with Crippen molar-refractivity contribution in [1.82, 2.24) is 25.3 Å². The number of halogens is 1. The SMILES string of the molecule is O=C(N[C@H]1CCC[C@@H](Nc2cc(-n3nccn3)ncc2[N+](=O)[O-])C1)c1ccc(Cl)s1. The smallest absolute Gasteiger partial charge is 0.310 e. The summed E-state index contributed by atoms with van der Waals surface area (Å²) in [5, 5.41) is 25.8. The Balaban J connectivity index is 1.47. The third-order valence-electron chi connectivity index (χ3n) is 4.85. The van der Waals surface area contributed by atoms with Crippen molar-refractivity contribution >= 4 is 40.2 Å². The summed E-state index contributed by atoms with van der Waals surface area (Å²) in [5.41, 5.74) is 0.231. The van der Waals surface area contributed by atoms with E-state index in [2.05, 4.69) is 25.8 Å². The molecule has 156 valence electrons. The summed E-state index contributed by atoms with van der Waals surface area (Å²) >= 11 is 7.14. The maximum absolute atomic E-state index is 12.4. The van der Waals surface area contributed by atoms with Crippen LogP contribution in [0.4, 0.5) is 11.4 Å². The zero-order valence-electron chi connectivity index (χ0n) is 15.7. The Labute approximate surface area is 180 Å². The molecule has 3 aromatic rings. The van der Waals surface area contributed by atoms with Crippen molar-refractivity contribution in [3.63, 3.8) is 0 Å². The molecule has 1 aliphatic rings. The monoisotopic (exact) mass is 447 g/mol. The van der Waals surface area contributed by atoms with E-state index in [-0.39, 0.29) is 23.7 Å². The minimum Gasteiger partial charge on any atom is -0.377 e. The Kier molecular flexibility index (Phi) is 5.91. The van der Waals surface area contributed by atoms with Gasteiger partial charge in [0.1, 0.15) is 11.9 Å². The highest BCUT2D eigenvalue weighted by atomic mass is 35.5. The molecule has 0 spiro atoms. The Hall–Kier alpha value is -3.05. The fraction of sp³-hybridized carbons (Fsp3) is 0.333. The highest BCUT2D eigenvalue weighted by Crippen LogP contribution is 2.29. The number of aromatic nitrogens is 4. The van der Waals surface area contributed by atoms with E-state index in [9.17, 15) is 14.9 Å². The Morgan fingerprint density at radius 2 is 2.03 bits per heavy atom. The summed E-state index contributed by atoms with van der Waals surface area (Å²) in [5.74, 6) is 0.225. The van der Waals surface area contributed by atoms with Gasteiger partial charge in [-0.15, -0.1) is 16.1 Å². The maximum atomic E-state index is 12.4. The van der Waals surface area contributed by atoms with Crippen LogP contribution in [0.2, 0.25) is 4.34 Å². The topological polar surface area (TPSA) is 128 Å². The first kappa shape index (κ1) is 20.2. The van der Waals surface area contributed by atoms with E-state index >= 15 is 0 Å². The molecular weight excluding hydrogens is 430 g/mol. The van der Waals surface area contributed by atoms with Gasteiger partial charge < -0.3 is 10.6 Å². The number of nitrogens with zero attached hydrogens (tertiary/aromatic N) is 5. The van der Waals surface area contributed by atoms with Crippen LogP contribution in [0.3, 0.4) is 0 Å². The third-order valence-corrected chi connectivity index (χ3v) is 6.08. The van der Waals surface area contributed by atoms with Gasteiger partial charge in [-0.3, -0.25) is 14.9 Å². The summed E-state index contributed by atoms with van der Waals surface area (Å²) in [6.07, 6.45) is 7.44. The molecule has 3 heterocycles. The molecule has 12 heteroatoms. The first-order chi connectivity index (χ1) is 14.5. The molecule has 4 rings (SSSR count). The quantitative estimate of drug-likeness (QED) is 0.437. The second-order valence-corrected chi connectivity index (χ2v) is 8.63. The molecule has 0 bridgehead atoms. The van der Waals surface area contributed by atoms with Gasteiger partial charge in [0.15, 0.2) is 5.82 Å². The van der Waals surface area contributed by atoms with Gasteiger partial charge in [0.25, 0.3) is 5.91 Å². The lowest BCUT2D eigenvalue weighted by molar-refractivity contribution is -0.384. The minimum atomic E-state index is -0.474. The standard InChI is InChI=1S/C18H18ClN7O3S/c19-16-5-4-15(30-16)18(27)24-12-3-1-2-11(8-12)23-13-9-17(25-21-6-7-22-25)20-10-14(13)26(28)29/h4-7,9-12H,1-3,8H2,(H,20,23)(H,24,27)/t11-,12+/m1/s1. The lowest BCUT2D eigenvalue weighted by atomic mass is 9.90. The van der Waals surface area contributed by atoms with E-state index in [1.54, 1.807) is 18.2 Å². The molecule has 1 amide bonds. The van der Waals surface area contributed by atoms with Gasteiger partial charge in [-0.1, -0.05) is 11.6 Å². The highest BCUT2D eigenvalue weighted by molar-refractivity contribution is 7.18. The van der Waals surface area contributed by atoms with Crippen molar-refractivity contribution in [3.8, 4) is 5.82 Å². The van der Waals surface area contributed by atoms with E-state index in [1.807, 2.05) is 0 Å². The van der Waals surface area contributed by atoms with Gasteiger partial charge in [0.2, 0.25) is 0 Å².